The lowest BCUT2D eigenvalue weighted by atomic mass is 10.00. The summed E-state index contributed by atoms with van der Waals surface area (Å²) in [7, 11) is 0. The van der Waals surface area contributed by atoms with Gasteiger partial charge < -0.3 is 14.9 Å². The Bertz CT molecular complexity index is 1190. The number of pyridine rings is 1. The molecule has 0 amide bonds. The molecule has 0 unspecified atom stereocenters. The van der Waals surface area contributed by atoms with Gasteiger partial charge >= 0.3 is 5.97 Å². The quantitative estimate of drug-likeness (QED) is 0.311. The highest BCUT2D eigenvalue weighted by Crippen LogP contribution is 2.33. The Morgan fingerprint density at radius 2 is 1.79 bits per heavy atom. The van der Waals surface area contributed by atoms with Crippen molar-refractivity contribution in [2.24, 2.45) is 0 Å². The summed E-state index contributed by atoms with van der Waals surface area (Å²) in [6, 6.07) is 15.9. The average Bonchev–Trinajstić information content (AvgIpc) is 2.80. The van der Waals surface area contributed by atoms with Crippen LogP contribution in [0.5, 0.6) is 5.75 Å². The maximum atomic E-state index is 12.2. The molecule has 6 nitrogen and oxygen atoms in total. The summed E-state index contributed by atoms with van der Waals surface area (Å²) in [6.07, 6.45) is 4.94. The van der Waals surface area contributed by atoms with E-state index in [1.807, 2.05) is 43.3 Å². The molecule has 2 N–H and O–H groups in total. The Kier molecular flexibility index (Phi) is 8.18. The summed E-state index contributed by atoms with van der Waals surface area (Å²) in [5.74, 6) is -0.638. The lowest BCUT2D eigenvalue weighted by Crippen LogP contribution is -2.29. The number of carboxylic acids is 1. The molecule has 0 spiro atoms. The number of para-hydroxylation sites is 1. The van der Waals surface area contributed by atoms with E-state index in [0.29, 0.717) is 30.0 Å². The van der Waals surface area contributed by atoms with Crippen LogP contribution in [0.2, 0.25) is 0 Å². The Labute approximate surface area is 199 Å². The first-order valence-corrected chi connectivity index (χ1v) is 11.4. The van der Waals surface area contributed by atoms with Crippen LogP contribution in [-0.4, -0.2) is 39.2 Å². The number of carbonyl (C=O) groups is 2. The van der Waals surface area contributed by atoms with E-state index in [0.717, 1.165) is 29.4 Å². The van der Waals surface area contributed by atoms with E-state index in [9.17, 15) is 14.7 Å². The summed E-state index contributed by atoms with van der Waals surface area (Å²) in [5.41, 5.74) is 2.55. The van der Waals surface area contributed by atoms with Gasteiger partial charge in [0, 0.05) is 17.4 Å². The molecule has 2 aromatic carbocycles. The van der Waals surface area contributed by atoms with E-state index in [4.69, 9.17) is 14.8 Å². The largest absolute Gasteiger partial charge is 0.493 e. The number of aryl methyl sites for hydroxylation is 2. The topological polar surface area (TPSA) is 96.7 Å². The van der Waals surface area contributed by atoms with Gasteiger partial charge in [-0.3, -0.25) is 9.59 Å². The molecule has 0 saturated carbocycles. The number of aromatic nitrogens is 1. The smallest absolute Gasteiger partial charge is 0.303 e. The predicted octanol–water partition coefficient (Wildman–Crippen LogP) is 4.93. The third-order valence-electron chi connectivity index (χ3n) is 5.62. The van der Waals surface area contributed by atoms with Crippen molar-refractivity contribution in [2.45, 2.75) is 52.1 Å². The van der Waals surface area contributed by atoms with Gasteiger partial charge in [-0.05, 0) is 69.4 Å². The second-order valence-electron chi connectivity index (χ2n) is 8.85. The van der Waals surface area contributed by atoms with Gasteiger partial charge in [-0.1, -0.05) is 42.5 Å². The van der Waals surface area contributed by atoms with Gasteiger partial charge in [-0.25, -0.2) is 4.98 Å². The van der Waals surface area contributed by atoms with Crippen molar-refractivity contribution in [3.05, 3.63) is 77.0 Å². The Morgan fingerprint density at radius 3 is 2.47 bits per heavy atom. The highest BCUT2D eigenvalue weighted by molar-refractivity contribution is 6.00. The number of hydrogen-bond acceptors (Lipinski definition) is 5. The van der Waals surface area contributed by atoms with E-state index in [1.54, 1.807) is 6.08 Å². The van der Waals surface area contributed by atoms with Gasteiger partial charge in [0.15, 0.2) is 5.78 Å². The number of rotatable bonds is 11. The van der Waals surface area contributed by atoms with Gasteiger partial charge in [-0.2, -0.15) is 0 Å². The van der Waals surface area contributed by atoms with Gasteiger partial charge in [0.2, 0.25) is 0 Å². The molecule has 178 valence electrons. The first-order valence-electron chi connectivity index (χ1n) is 11.4. The Morgan fingerprint density at radius 1 is 1.06 bits per heavy atom. The number of ketones is 1. The first kappa shape index (κ1) is 25.1. The molecule has 0 saturated heterocycles. The molecule has 1 heterocycles. The number of benzene rings is 2. The average molecular weight is 462 g/mol. The summed E-state index contributed by atoms with van der Waals surface area (Å²) in [5, 5.41) is 19.9. The Balaban J connectivity index is 1.95. The lowest BCUT2D eigenvalue weighted by Gasteiger charge is -2.16. The summed E-state index contributed by atoms with van der Waals surface area (Å²) in [4.78, 5) is 28.1. The number of aliphatic hydroxyl groups is 1. The van der Waals surface area contributed by atoms with E-state index in [2.05, 4.69) is 12.1 Å². The number of aliphatic carboxylic acids is 1. The highest BCUT2D eigenvalue weighted by Gasteiger charge is 2.21. The molecule has 3 aromatic rings. The molecule has 34 heavy (non-hydrogen) atoms. The zero-order chi connectivity index (χ0) is 24.7. The molecular formula is C28H31NO5. The maximum absolute atomic E-state index is 12.2. The number of fused-ring (bicyclic) bond motifs is 1. The standard InChI is InChI=1S/C28H31NO5/c1-19-23(15-16-24(30)28(2,3)33)29-26-21(14-17-25(31)32)12-7-13-22(26)27(19)34-18-8-11-20-9-5-4-6-10-20/h4-7,9-10,12-13,15-16,33H,8,11,14,17-18H2,1-3H3,(H,31,32)/b16-15+. The third kappa shape index (κ3) is 6.51. The number of ether oxygens (including phenoxy) is 1. The number of nitrogens with zero attached hydrogens (tertiary/aromatic N) is 1. The van der Waals surface area contributed by atoms with Crippen molar-refractivity contribution in [2.75, 3.05) is 6.61 Å². The van der Waals surface area contributed by atoms with E-state index in [-0.39, 0.29) is 6.42 Å². The minimum atomic E-state index is -1.48. The van der Waals surface area contributed by atoms with Crippen molar-refractivity contribution in [1.29, 1.82) is 0 Å². The van der Waals surface area contributed by atoms with Gasteiger partial charge in [0.25, 0.3) is 0 Å². The fourth-order valence-electron chi connectivity index (χ4n) is 3.67. The fraction of sp³-hybridized carbons (Fsp3) is 0.321. The zero-order valence-corrected chi connectivity index (χ0v) is 19.9. The van der Waals surface area contributed by atoms with Crippen LogP contribution in [0.4, 0.5) is 0 Å². The normalized spacial score (nSPS) is 11.8. The van der Waals surface area contributed by atoms with E-state index >= 15 is 0 Å². The molecule has 0 aliphatic rings. The third-order valence-corrected chi connectivity index (χ3v) is 5.62. The number of carbonyl (C=O) groups excluding carboxylic acids is 1. The molecule has 0 atom stereocenters. The minimum Gasteiger partial charge on any atom is -0.493 e. The zero-order valence-electron chi connectivity index (χ0n) is 19.9. The van der Waals surface area contributed by atoms with Gasteiger partial charge in [0.05, 0.1) is 17.8 Å². The first-order chi connectivity index (χ1) is 16.2. The fourth-order valence-corrected chi connectivity index (χ4v) is 3.67. The Hall–Kier alpha value is -3.51. The second kappa shape index (κ2) is 11.1. The van der Waals surface area contributed by atoms with Gasteiger partial charge in [0.1, 0.15) is 11.4 Å². The van der Waals surface area contributed by atoms with Crippen molar-refractivity contribution < 1.29 is 24.5 Å². The highest BCUT2D eigenvalue weighted by atomic mass is 16.5. The molecule has 0 aliphatic heterocycles. The molecule has 3 rings (SSSR count). The minimum absolute atomic E-state index is 0.00963. The van der Waals surface area contributed by atoms with Crippen LogP contribution in [0.1, 0.15) is 49.1 Å². The summed E-state index contributed by atoms with van der Waals surface area (Å²) in [6.45, 7) is 5.26. The van der Waals surface area contributed by atoms with Crippen molar-refractivity contribution >= 4 is 28.7 Å². The van der Waals surface area contributed by atoms with Crippen molar-refractivity contribution in [3.63, 3.8) is 0 Å². The molecular weight excluding hydrogens is 430 g/mol. The maximum Gasteiger partial charge on any atom is 0.303 e. The van der Waals surface area contributed by atoms with Crippen LogP contribution in [0.25, 0.3) is 17.0 Å². The van der Waals surface area contributed by atoms with Crippen LogP contribution >= 0.6 is 0 Å². The molecule has 1 aromatic heterocycles. The predicted molar refractivity (Wildman–Crippen MR) is 133 cm³/mol. The number of carboxylic acid groups (broad SMARTS) is 1. The molecule has 6 heteroatoms. The van der Waals surface area contributed by atoms with Crippen molar-refractivity contribution in [3.8, 4) is 5.75 Å². The summed E-state index contributed by atoms with van der Waals surface area (Å²) >= 11 is 0. The van der Waals surface area contributed by atoms with Crippen LogP contribution in [0.15, 0.2) is 54.6 Å². The van der Waals surface area contributed by atoms with Crippen molar-refractivity contribution in [1.82, 2.24) is 4.98 Å². The van der Waals surface area contributed by atoms with E-state index in [1.165, 1.54) is 25.5 Å². The van der Waals surface area contributed by atoms with Crippen LogP contribution in [0, 0.1) is 6.92 Å². The monoisotopic (exact) mass is 461 g/mol. The van der Waals surface area contributed by atoms with Crippen LogP contribution < -0.4 is 4.74 Å². The lowest BCUT2D eigenvalue weighted by molar-refractivity contribution is -0.137. The SMILES string of the molecule is Cc1c(/C=C/C(=O)C(C)(C)O)nc2c(CCC(=O)O)cccc2c1OCCCc1ccccc1. The van der Waals surface area contributed by atoms with Crippen LogP contribution in [0.3, 0.4) is 0 Å². The second-order valence-corrected chi connectivity index (χ2v) is 8.85. The number of hydrogen-bond donors (Lipinski definition) is 2. The molecule has 0 radical (unpaired) electrons. The molecule has 0 fully saturated rings. The van der Waals surface area contributed by atoms with Crippen LogP contribution in [-0.2, 0) is 22.4 Å². The van der Waals surface area contributed by atoms with Gasteiger partial charge in [-0.15, -0.1) is 0 Å². The summed E-state index contributed by atoms with van der Waals surface area (Å²) < 4.78 is 6.24. The van der Waals surface area contributed by atoms with E-state index < -0.39 is 17.4 Å². The molecule has 0 bridgehead atoms. The molecule has 0 aliphatic carbocycles.